The van der Waals surface area contributed by atoms with Gasteiger partial charge < -0.3 is 33.9 Å². The first-order valence-corrected chi connectivity index (χ1v) is 13.2. The van der Waals surface area contributed by atoms with Crippen molar-refractivity contribution in [2.45, 2.75) is 91.4 Å². The predicted molar refractivity (Wildman–Crippen MR) is 138 cm³/mol. The molecule has 2 aliphatic rings. The zero-order chi connectivity index (χ0) is 26.6. The molecule has 2 unspecified atom stereocenters. The molecular weight excluding hydrogens is 500 g/mol. The summed E-state index contributed by atoms with van der Waals surface area (Å²) in [7, 11) is 1.61. The second kappa shape index (κ2) is 15.5. The van der Waals surface area contributed by atoms with Crippen molar-refractivity contribution in [2.75, 3.05) is 20.3 Å². The zero-order valence-electron chi connectivity index (χ0n) is 22.0. The van der Waals surface area contributed by atoms with E-state index in [-0.39, 0.29) is 25.8 Å². The van der Waals surface area contributed by atoms with Crippen molar-refractivity contribution < 1.29 is 33.9 Å². The molecule has 2 aromatic heterocycles. The summed E-state index contributed by atoms with van der Waals surface area (Å²) in [6, 6.07) is 3.63. The maximum atomic E-state index is 9.39. The highest BCUT2D eigenvalue weighted by Gasteiger charge is 2.18. The molecule has 10 heteroatoms. The number of aliphatic hydroxyl groups excluding tert-OH is 2. The van der Waals surface area contributed by atoms with Crippen LogP contribution < -0.4 is 4.74 Å². The maximum Gasteiger partial charge on any atom is 0.158 e. The first-order valence-electron chi connectivity index (χ1n) is 12.8. The second-order valence-electron chi connectivity index (χ2n) is 9.09. The first-order chi connectivity index (χ1) is 17.9. The number of hydrogen-bond donors (Lipinski definition) is 2. The Bertz CT molecular complexity index is 954. The maximum absolute atomic E-state index is 9.39. The Balaban J connectivity index is 0.000000206. The molecule has 4 heterocycles. The van der Waals surface area contributed by atoms with Gasteiger partial charge in [0.25, 0.3) is 0 Å². The van der Waals surface area contributed by atoms with Crippen molar-refractivity contribution >= 4 is 11.6 Å². The number of aromatic nitrogens is 2. The fraction of sp³-hybridized carbons (Fsp3) is 0.630. The van der Waals surface area contributed by atoms with Gasteiger partial charge in [-0.25, -0.2) is 0 Å². The third-order valence-electron chi connectivity index (χ3n) is 6.20. The van der Waals surface area contributed by atoms with E-state index in [2.05, 4.69) is 9.97 Å². The van der Waals surface area contributed by atoms with E-state index in [0.29, 0.717) is 35.4 Å². The van der Waals surface area contributed by atoms with Crippen LogP contribution in [0.25, 0.3) is 0 Å². The zero-order valence-corrected chi connectivity index (χ0v) is 22.8. The van der Waals surface area contributed by atoms with Crippen molar-refractivity contribution in [3.05, 3.63) is 51.1 Å². The Morgan fingerprint density at radius 1 is 0.838 bits per heavy atom. The van der Waals surface area contributed by atoms with Crippen LogP contribution in [0, 0.1) is 13.8 Å². The van der Waals surface area contributed by atoms with Gasteiger partial charge in [-0.1, -0.05) is 11.6 Å². The van der Waals surface area contributed by atoms with Crippen molar-refractivity contribution in [1.29, 1.82) is 0 Å². The van der Waals surface area contributed by atoms with Crippen molar-refractivity contribution in [3.63, 3.8) is 0 Å². The molecule has 4 rings (SSSR count). The van der Waals surface area contributed by atoms with Crippen LogP contribution >= 0.6 is 11.6 Å². The minimum absolute atomic E-state index is 0.123. The van der Waals surface area contributed by atoms with Gasteiger partial charge >= 0.3 is 0 Å². The highest BCUT2D eigenvalue weighted by atomic mass is 35.5. The third-order valence-corrected chi connectivity index (χ3v) is 6.54. The Morgan fingerprint density at radius 2 is 1.35 bits per heavy atom. The van der Waals surface area contributed by atoms with E-state index in [1.165, 1.54) is 0 Å². The average molecular weight is 539 g/mol. The van der Waals surface area contributed by atoms with Crippen LogP contribution in [-0.2, 0) is 45.4 Å². The van der Waals surface area contributed by atoms with Crippen LogP contribution in [-0.4, -0.2) is 53.1 Å². The Labute approximate surface area is 224 Å². The molecule has 0 aliphatic carbocycles. The fourth-order valence-corrected chi connectivity index (χ4v) is 4.56. The second-order valence-corrected chi connectivity index (χ2v) is 9.50. The molecule has 2 aromatic rings. The molecule has 37 heavy (non-hydrogen) atoms. The standard InChI is InChI=1S/C14H21NO4.C13H18ClNO3/c1-10-7-13(17-2)11(12(8-16)15-10)9-19-14-5-3-4-6-18-14;1-9-6-11(14)10(12(7-16)15-9)8-18-13-4-2-3-5-17-13/h7,14,16H,3-6,8-9H2,1-2H3;6,13,16H,2-5,7-8H2,1H3. The van der Waals surface area contributed by atoms with Crippen LogP contribution in [0.1, 0.15) is 72.4 Å². The summed E-state index contributed by atoms with van der Waals surface area (Å²) in [4.78, 5) is 8.57. The number of aliphatic hydroxyl groups is 2. The minimum atomic E-state index is -0.164. The average Bonchev–Trinajstić information content (AvgIpc) is 2.92. The molecule has 2 atom stereocenters. The molecule has 2 N–H and O–H groups in total. The number of hydrogen-bond acceptors (Lipinski definition) is 9. The Kier molecular flexibility index (Phi) is 12.5. The lowest BCUT2D eigenvalue weighted by atomic mass is 10.1. The number of nitrogens with zero attached hydrogens (tertiary/aromatic N) is 2. The summed E-state index contributed by atoms with van der Waals surface area (Å²) in [5.41, 5.74) is 4.34. The molecule has 0 radical (unpaired) electrons. The van der Waals surface area contributed by atoms with Gasteiger partial charge in [0.1, 0.15) is 5.75 Å². The molecule has 2 saturated heterocycles. The predicted octanol–water partition coefficient (Wildman–Crippen LogP) is 4.51. The quantitative estimate of drug-likeness (QED) is 0.476. The van der Waals surface area contributed by atoms with E-state index < -0.39 is 0 Å². The van der Waals surface area contributed by atoms with E-state index in [4.69, 9.17) is 35.3 Å². The summed E-state index contributed by atoms with van der Waals surface area (Å²) in [6.45, 7) is 5.63. The van der Waals surface area contributed by atoms with Gasteiger partial charge in [0, 0.05) is 46.8 Å². The van der Waals surface area contributed by atoms with Gasteiger partial charge in [-0.3, -0.25) is 9.97 Å². The largest absolute Gasteiger partial charge is 0.496 e. The van der Waals surface area contributed by atoms with Gasteiger partial charge in [-0.05, 0) is 58.4 Å². The number of aryl methyl sites for hydroxylation is 2. The van der Waals surface area contributed by atoms with Crippen molar-refractivity contribution in [1.82, 2.24) is 9.97 Å². The molecule has 2 aliphatic heterocycles. The lowest BCUT2D eigenvalue weighted by molar-refractivity contribution is -0.169. The summed E-state index contributed by atoms with van der Waals surface area (Å²) >= 11 is 6.16. The molecule has 0 amide bonds. The summed E-state index contributed by atoms with van der Waals surface area (Å²) < 4.78 is 27.8. The Hall–Kier alpha value is -1.85. The van der Waals surface area contributed by atoms with E-state index in [1.54, 1.807) is 13.2 Å². The lowest BCUT2D eigenvalue weighted by Gasteiger charge is -2.23. The minimum Gasteiger partial charge on any atom is -0.496 e. The number of rotatable bonds is 9. The summed E-state index contributed by atoms with van der Waals surface area (Å²) in [5.74, 6) is 0.701. The molecule has 0 spiro atoms. The molecule has 206 valence electrons. The molecule has 9 nitrogen and oxygen atoms in total. The van der Waals surface area contributed by atoms with E-state index in [1.807, 2.05) is 19.9 Å². The SMILES string of the molecule is COc1cc(C)nc(CO)c1COC1CCCCO1.Cc1cc(Cl)c(COC2CCCCO2)c(CO)n1. The number of pyridine rings is 2. The van der Waals surface area contributed by atoms with Crippen LogP contribution in [0.4, 0.5) is 0 Å². The highest BCUT2D eigenvalue weighted by molar-refractivity contribution is 6.31. The van der Waals surface area contributed by atoms with Crippen molar-refractivity contribution in [2.24, 2.45) is 0 Å². The number of ether oxygens (including phenoxy) is 5. The van der Waals surface area contributed by atoms with E-state index in [9.17, 15) is 10.2 Å². The molecule has 0 bridgehead atoms. The fourth-order valence-electron chi connectivity index (χ4n) is 4.24. The first kappa shape index (κ1) is 29.7. The van der Waals surface area contributed by atoms with Gasteiger partial charge in [-0.2, -0.15) is 0 Å². The van der Waals surface area contributed by atoms with Gasteiger partial charge in [-0.15, -0.1) is 0 Å². The Morgan fingerprint density at radius 3 is 1.84 bits per heavy atom. The normalized spacial score (nSPS) is 19.7. The van der Waals surface area contributed by atoms with Gasteiger partial charge in [0.05, 0.1) is 44.9 Å². The highest BCUT2D eigenvalue weighted by Crippen LogP contribution is 2.26. The summed E-state index contributed by atoms with van der Waals surface area (Å²) in [6.07, 6.45) is 5.93. The molecule has 0 saturated carbocycles. The molecule has 0 aromatic carbocycles. The van der Waals surface area contributed by atoms with E-state index in [0.717, 1.165) is 74.3 Å². The van der Waals surface area contributed by atoms with Crippen molar-refractivity contribution in [3.8, 4) is 5.75 Å². The molecular formula is C27H39ClN2O7. The van der Waals surface area contributed by atoms with Crippen LogP contribution in [0.3, 0.4) is 0 Å². The number of methoxy groups -OCH3 is 1. The lowest BCUT2D eigenvalue weighted by Crippen LogP contribution is -2.22. The smallest absolute Gasteiger partial charge is 0.158 e. The van der Waals surface area contributed by atoms with Crippen LogP contribution in [0.15, 0.2) is 12.1 Å². The van der Waals surface area contributed by atoms with E-state index >= 15 is 0 Å². The van der Waals surface area contributed by atoms with Crippen LogP contribution in [0.2, 0.25) is 5.02 Å². The topological polar surface area (TPSA) is 112 Å². The third kappa shape index (κ3) is 9.14. The summed E-state index contributed by atoms with van der Waals surface area (Å²) in [5, 5.41) is 19.3. The van der Waals surface area contributed by atoms with Gasteiger partial charge in [0.2, 0.25) is 0 Å². The monoisotopic (exact) mass is 538 g/mol. The van der Waals surface area contributed by atoms with Crippen LogP contribution in [0.5, 0.6) is 5.75 Å². The number of halogens is 1. The molecule has 2 fully saturated rings. The van der Waals surface area contributed by atoms with Gasteiger partial charge in [0.15, 0.2) is 12.6 Å².